The van der Waals surface area contributed by atoms with Gasteiger partial charge in [0.25, 0.3) is 0 Å². The van der Waals surface area contributed by atoms with E-state index in [0.29, 0.717) is 0 Å². The van der Waals surface area contributed by atoms with Crippen molar-refractivity contribution in [3.05, 3.63) is 66.2 Å². The maximum absolute atomic E-state index is 3.65. The lowest BCUT2D eigenvalue weighted by Crippen LogP contribution is -2.24. The molecule has 0 amide bonds. The van der Waals surface area contributed by atoms with Crippen LogP contribution in [0.1, 0.15) is 40.8 Å². The fraction of sp³-hybridized carbons (Fsp3) is 0.333. The highest BCUT2D eigenvalue weighted by Crippen LogP contribution is 2.32. The van der Waals surface area contributed by atoms with E-state index in [1.165, 1.54) is 35.9 Å². The van der Waals surface area contributed by atoms with Crippen LogP contribution in [0, 0.1) is 24.3 Å². The summed E-state index contributed by atoms with van der Waals surface area (Å²) in [4.78, 5) is 0. The number of nitrogens with one attached hydrogen (secondary N) is 1. The van der Waals surface area contributed by atoms with Gasteiger partial charge in [-0.2, -0.15) is 0 Å². The first-order valence-corrected chi connectivity index (χ1v) is 9.08. The highest BCUT2D eigenvalue weighted by molar-refractivity contribution is 14.1. The Kier molecular flexibility index (Phi) is 5.86. The molecule has 1 unspecified atom stereocenters. The number of hydrogen-bond acceptors (Lipinski definition) is 1. The van der Waals surface area contributed by atoms with Crippen molar-refractivity contribution in [1.82, 2.24) is 5.32 Å². The predicted octanol–water partition coefficient (Wildman–Crippen LogP) is 5.68. The van der Waals surface area contributed by atoms with Crippen molar-refractivity contribution in [2.45, 2.75) is 33.7 Å². The van der Waals surface area contributed by atoms with Crippen molar-refractivity contribution in [3.8, 4) is 0 Å². The molecule has 0 spiro atoms. The normalized spacial score (nSPS) is 12.5. The average Bonchev–Trinajstić information content (AvgIpc) is 2.44. The van der Waals surface area contributed by atoms with Crippen molar-refractivity contribution in [2.24, 2.45) is 0 Å². The predicted molar refractivity (Wildman–Crippen MR) is 103 cm³/mol. The zero-order chi connectivity index (χ0) is 15.6. The van der Waals surface area contributed by atoms with E-state index in [4.69, 9.17) is 0 Å². The van der Waals surface area contributed by atoms with Gasteiger partial charge in [-0.15, -0.1) is 0 Å². The molecule has 2 aromatic rings. The quantitative estimate of drug-likeness (QED) is 0.582. The summed E-state index contributed by atoms with van der Waals surface area (Å²) in [6, 6.07) is 11.3. The Hall–Kier alpha value is -0.390. The molecule has 0 aliphatic rings. The van der Waals surface area contributed by atoms with Crippen molar-refractivity contribution >= 4 is 38.5 Å². The summed E-state index contributed by atoms with van der Waals surface area (Å²) in [5.74, 6) is 0. The molecule has 3 heteroatoms. The summed E-state index contributed by atoms with van der Waals surface area (Å²) in [6.45, 7) is 9.62. The van der Waals surface area contributed by atoms with Crippen LogP contribution in [0.5, 0.6) is 0 Å². The van der Waals surface area contributed by atoms with Crippen molar-refractivity contribution in [2.75, 3.05) is 6.54 Å². The molecule has 0 bridgehead atoms. The monoisotopic (exact) mass is 457 g/mol. The van der Waals surface area contributed by atoms with Crippen LogP contribution < -0.4 is 5.32 Å². The molecule has 2 aromatic carbocycles. The van der Waals surface area contributed by atoms with Gasteiger partial charge in [0.05, 0.1) is 6.04 Å². The van der Waals surface area contributed by atoms with E-state index in [-0.39, 0.29) is 6.04 Å². The Morgan fingerprint density at radius 1 is 1.05 bits per heavy atom. The maximum Gasteiger partial charge on any atom is 0.0589 e. The molecule has 0 fully saturated rings. The lowest BCUT2D eigenvalue weighted by Gasteiger charge is -2.24. The van der Waals surface area contributed by atoms with Crippen LogP contribution in [0.15, 0.2) is 34.8 Å². The summed E-state index contributed by atoms with van der Waals surface area (Å²) in [7, 11) is 0. The molecule has 0 saturated heterocycles. The average molecular weight is 458 g/mol. The third-order valence-corrected chi connectivity index (χ3v) is 6.13. The highest BCUT2D eigenvalue weighted by atomic mass is 127. The number of hydrogen-bond donors (Lipinski definition) is 1. The molecule has 2 rings (SSSR count). The van der Waals surface area contributed by atoms with Crippen LogP contribution in [-0.4, -0.2) is 6.54 Å². The standard InChI is InChI=1S/C18H21BrIN/c1-5-21-18(14-8-6-7-11(2)17(14)20)15-9-13(4)16(19)10-12(15)3/h6-10,18,21H,5H2,1-4H3. The molecule has 1 N–H and O–H groups in total. The largest absolute Gasteiger partial charge is 0.306 e. The van der Waals surface area contributed by atoms with Crippen molar-refractivity contribution in [1.29, 1.82) is 0 Å². The SMILES string of the molecule is CCNC(c1cc(C)c(Br)cc1C)c1cccc(C)c1I. The van der Waals surface area contributed by atoms with Gasteiger partial charge in [-0.1, -0.05) is 47.1 Å². The smallest absolute Gasteiger partial charge is 0.0589 e. The Bertz CT molecular complexity index is 652. The second kappa shape index (κ2) is 7.25. The zero-order valence-electron chi connectivity index (χ0n) is 12.9. The van der Waals surface area contributed by atoms with E-state index < -0.39 is 0 Å². The van der Waals surface area contributed by atoms with E-state index in [1.54, 1.807) is 0 Å². The van der Waals surface area contributed by atoms with Crippen LogP contribution in [0.25, 0.3) is 0 Å². The molecule has 0 heterocycles. The van der Waals surface area contributed by atoms with Crippen LogP contribution in [0.3, 0.4) is 0 Å². The second-order valence-corrected chi connectivity index (χ2v) is 7.36. The Morgan fingerprint density at radius 2 is 1.76 bits per heavy atom. The van der Waals surface area contributed by atoms with Crippen LogP contribution >= 0.6 is 38.5 Å². The first kappa shape index (κ1) is 17.0. The molecule has 1 nitrogen and oxygen atoms in total. The Morgan fingerprint density at radius 3 is 2.43 bits per heavy atom. The third kappa shape index (κ3) is 3.69. The molecule has 112 valence electrons. The minimum atomic E-state index is 0.244. The summed E-state index contributed by atoms with van der Waals surface area (Å²) >= 11 is 6.09. The third-order valence-electron chi connectivity index (χ3n) is 3.80. The summed E-state index contributed by atoms with van der Waals surface area (Å²) in [5.41, 5.74) is 6.66. The molecule has 0 aromatic heterocycles. The van der Waals surface area contributed by atoms with E-state index in [2.05, 4.69) is 102 Å². The first-order chi connectivity index (χ1) is 9.95. The van der Waals surface area contributed by atoms with Crippen molar-refractivity contribution in [3.63, 3.8) is 0 Å². The van der Waals surface area contributed by atoms with E-state index in [0.717, 1.165) is 6.54 Å². The number of halogens is 2. The summed E-state index contributed by atoms with van der Waals surface area (Å²) in [6.07, 6.45) is 0. The van der Waals surface area contributed by atoms with Crippen LogP contribution in [-0.2, 0) is 0 Å². The molecular formula is C18H21BrIN. The van der Waals surface area contributed by atoms with Gasteiger partial charge in [-0.25, -0.2) is 0 Å². The summed E-state index contributed by atoms with van der Waals surface area (Å²) < 4.78 is 2.53. The molecule has 0 radical (unpaired) electrons. The molecule has 21 heavy (non-hydrogen) atoms. The Labute approximate surface area is 149 Å². The number of rotatable bonds is 4. The molecule has 0 aliphatic carbocycles. The fourth-order valence-electron chi connectivity index (χ4n) is 2.60. The summed E-state index contributed by atoms with van der Waals surface area (Å²) in [5, 5.41) is 3.65. The molecular weight excluding hydrogens is 437 g/mol. The molecule has 0 aliphatic heterocycles. The van der Waals surface area contributed by atoms with E-state index in [1.807, 2.05) is 0 Å². The lowest BCUT2D eigenvalue weighted by molar-refractivity contribution is 0.624. The van der Waals surface area contributed by atoms with Crippen LogP contribution in [0.4, 0.5) is 0 Å². The second-order valence-electron chi connectivity index (χ2n) is 5.43. The van der Waals surface area contributed by atoms with Crippen molar-refractivity contribution < 1.29 is 0 Å². The zero-order valence-corrected chi connectivity index (χ0v) is 16.7. The first-order valence-electron chi connectivity index (χ1n) is 7.20. The lowest BCUT2D eigenvalue weighted by atomic mass is 9.92. The highest BCUT2D eigenvalue weighted by Gasteiger charge is 2.19. The Balaban J connectivity index is 2.59. The van der Waals surface area contributed by atoms with Gasteiger partial charge < -0.3 is 5.32 Å². The van der Waals surface area contributed by atoms with E-state index >= 15 is 0 Å². The fourth-order valence-corrected chi connectivity index (χ4v) is 3.73. The number of aryl methyl sites for hydroxylation is 3. The van der Waals surface area contributed by atoms with Gasteiger partial charge in [0.1, 0.15) is 0 Å². The molecule has 0 saturated carbocycles. The van der Waals surface area contributed by atoms with Crippen LogP contribution in [0.2, 0.25) is 0 Å². The maximum atomic E-state index is 3.65. The minimum Gasteiger partial charge on any atom is -0.306 e. The van der Waals surface area contributed by atoms with Gasteiger partial charge >= 0.3 is 0 Å². The van der Waals surface area contributed by atoms with Gasteiger partial charge in [-0.05, 0) is 83.8 Å². The van der Waals surface area contributed by atoms with Gasteiger partial charge in [0.2, 0.25) is 0 Å². The van der Waals surface area contributed by atoms with Gasteiger partial charge in [0.15, 0.2) is 0 Å². The number of benzene rings is 2. The van der Waals surface area contributed by atoms with Gasteiger partial charge in [0, 0.05) is 8.04 Å². The van der Waals surface area contributed by atoms with Gasteiger partial charge in [-0.3, -0.25) is 0 Å². The van der Waals surface area contributed by atoms with E-state index in [9.17, 15) is 0 Å². The minimum absolute atomic E-state index is 0.244. The topological polar surface area (TPSA) is 12.0 Å². The molecule has 1 atom stereocenters.